The summed E-state index contributed by atoms with van der Waals surface area (Å²) in [5, 5.41) is 0.550. The molecule has 1 nitrogen and oxygen atoms in total. The highest BCUT2D eigenvalue weighted by Crippen LogP contribution is 2.29. The molecule has 0 bridgehead atoms. The molecule has 0 aromatic heterocycles. The molecule has 80 valence electrons. The lowest BCUT2D eigenvalue weighted by molar-refractivity contribution is -0.104. The molecule has 0 saturated heterocycles. The van der Waals surface area contributed by atoms with Crippen LogP contribution in [-0.4, -0.2) is 6.29 Å². The zero-order valence-corrected chi connectivity index (χ0v) is 10.0. The second kappa shape index (κ2) is 5.13. The topological polar surface area (TPSA) is 17.1 Å². The van der Waals surface area contributed by atoms with Crippen molar-refractivity contribution in [3.8, 4) is 0 Å². The first-order chi connectivity index (χ1) is 7.07. The quantitative estimate of drug-likeness (QED) is 0.559. The number of benzene rings is 1. The summed E-state index contributed by atoms with van der Waals surface area (Å²) in [6.07, 6.45) is 0.791. The summed E-state index contributed by atoms with van der Waals surface area (Å²) < 4.78 is 0. The molecule has 0 N–H and O–H groups in total. The lowest BCUT2D eigenvalue weighted by Crippen LogP contribution is -1.94. The van der Waals surface area contributed by atoms with Crippen molar-refractivity contribution in [2.45, 2.75) is 26.7 Å². The number of hydrogen-bond donors (Lipinski definition) is 0. The third-order valence-electron chi connectivity index (χ3n) is 2.34. The minimum atomic E-state index is 0.398. The Morgan fingerprint density at radius 1 is 1.33 bits per heavy atom. The lowest BCUT2D eigenvalue weighted by Gasteiger charge is -2.12. The zero-order valence-electron chi connectivity index (χ0n) is 9.25. The minimum Gasteiger partial charge on any atom is -0.298 e. The van der Waals surface area contributed by atoms with E-state index >= 15 is 0 Å². The van der Waals surface area contributed by atoms with Gasteiger partial charge in [-0.2, -0.15) is 0 Å². The van der Waals surface area contributed by atoms with Crippen LogP contribution in [0.15, 0.2) is 29.8 Å². The summed E-state index contributed by atoms with van der Waals surface area (Å²) in [6, 6.07) is 7.91. The number of carbonyl (C=O) groups excluding carboxylic acids is 1. The molecule has 0 aliphatic heterocycles. The molecule has 0 radical (unpaired) electrons. The molecule has 1 rings (SSSR count). The maximum atomic E-state index is 10.7. The molecule has 0 heterocycles. The molecule has 0 unspecified atom stereocenters. The molecule has 0 spiro atoms. The van der Waals surface area contributed by atoms with Gasteiger partial charge in [-0.1, -0.05) is 49.7 Å². The maximum absolute atomic E-state index is 10.7. The fourth-order valence-electron chi connectivity index (χ4n) is 1.46. The third kappa shape index (κ3) is 2.69. The van der Waals surface area contributed by atoms with Crippen molar-refractivity contribution in [1.82, 2.24) is 0 Å². The van der Waals surface area contributed by atoms with Crippen molar-refractivity contribution in [1.29, 1.82) is 0 Å². The lowest BCUT2D eigenvalue weighted by atomic mass is 9.96. The molecule has 0 fully saturated rings. The fourth-order valence-corrected chi connectivity index (χ4v) is 1.68. The van der Waals surface area contributed by atoms with Crippen LogP contribution in [0.25, 0.3) is 5.03 Å². The van der Waals surface area contributed by atoms with E-state index in [1.54, 1.807) is 6.92 Å². The number of rotatable bonds is 3. The Morgan fingerprint density at radius 3 is 2.47 bits per heavy atom. The van der Waals surface area contributed by atoms with Crippen molar-refractivity contribution < 1.29 is 4.79 Å². The van der Waals surface area contributed by atoms with Gasteiger partial charge in [-0.15, -0.1) is 0 Å². The first-order valence-electron chi connectivity index (χ1n) is 4.98. The normalized spacial score (nSPS) is 12.6. The largest absolute Gasteiger partial charge is 0.298 e. The fraction of sp³-hybridized carbons (Fsp3) is 0.308. The molecule has 0 aliphatic carbocycles. The first-order valence-corrected chi connectivity index (χ1v) is 5.36. The van der Waals surface area contributed by atoms with Gasteiger partial charge in [0.25, 0.3) is 0 Å². The summed E-state index contributed by atoms with van der Waals surface area (Å²) >= 11 is 6.15. The molecular formula is C13H15ClO. The monoisotopic (exact) mass is 222 g/mol. The summed E-state index contributed by atoms with van der Waals surface area (Å²) in [6.45, 7) is 5.95. The second-order valence-corrected chi connectivity index (χ2v) is 4.23. The average molecular weight is 223 g/mol. The Morgan fingerprint density at radius 2 is 1.93 bits per heavy atom. The van der Waals surface area contributed by atoms with Crippen LogP contribution in [-0.2, 0) is 4.79 Å². The first kappa shape index (κ1) is 12.0. The van der Waals surface area contributed by atoms with Crippen molar-refractivity contribution in [2.75, 3.05) is 0 Å². The third-order valence-corrected chi connectivity index (χ3v) is 2.84. The highest BCUT2D eigenvalue weighted by molar-refractivity contribution is 6.50. The summed E-state index contributed by atoms with van der Waals surface area (Å²) in [5.41, 5.74) is 2.70. The number of halogens is 1. The van der Waals surface area contributed by atoms with Crippen molar-refractivity contribution in [2.24, 2.45) is 0 Å². The van der Waals surface area contributed by atoms with Crippen LogP contribution in [0, 0.1) is 0 Å². The summed E-state index contributed by atoms with van der Waals surface area (Å²) in [7, 11) is 0. The van der Waals surface area contributed by atoms with Gasteiger partial charge in [0.05, 0.1) is 5.03 Å². The van der Waals surface area contributed by atoms with E-state index in [9.17, 15) is 4.79 Å². The number of aldehydes is 1. The number of carbonyl (C=O) groups is 1. The molecule has 0 atom stereocenters. The van der Waals surface area contributed by atoms with Crippen LogP contribution < -0.4 is 0 Å². The summed E-state index contributed by atoms with van der Waals surface area (Å²) in [4.78, 5) is 10.7. The molecule has 2 heteroatoms. The van der Waals surface area contributed by atoms with Crippen LogP contribution in [0.3, 0.4) is 0 Å². The molecular weight excluding hydrogens is 208 g/mol. The standard InChI is InChI=1S/C13H15ClO/c1-9(2)11-6-4-5-7-12(11)13(14)10(3)8-15/h4-9H,1-3H3. The van der Waals surface area contributed by atoms with Gasteiger partial charge in [-0.3, -0.25) is 4.79 Å². The second-order valence-electron chi connectivity index (χ2n) is 3.86. The van der Waals surface area contributed by atoms with E-state index in [1.165, 1.54) is 5.56 Å². The van der Waals surface area contributed by atoms with E-state index in [4.69, 9.17) is 11.6 Å². The van der Waals surface area contributed by atoms with Gasteiger partial charge < -0.3 is 0 Å². The smallest absolute Gasteiger partial charge is 0.147 e. The van der Waals surface area contributed by atoms with Gasteiger partial charge >= 0.3 is 0 Å². The van der Waals surface area contributed by atoms with Gasteiger partial charge in [0, 0.05) is 5.57 Å². The van der Waals surface area contributed by atoms with Gasteiger partial charge in [-0.25, -0.2) is 0 Å². The maximum Gasteiger partial charge on any atom is 0.147 e. The average Bonchev–Trinajstić information content (AvgIpc) is 2.27. The van der Waals surface area contributed by atoms with E-state index in [-0.39, 0.29) is 0 Å². The number of hydrogen-bond acceptors (Lipinski definition) is 1. The molecule has 15 heavy (non-hydrogen) atoms. The Balaban J connectivity index is 3.31. The highest BCUT2D eigenvalue weighted by atomic mass is 35.5. The van der Waals surface area contributed by atoms with Crippen LogP contribution >= 0.6 is 11.6 Å². The van der Waals surface area contributed by atoms with E-state index in [1.807, 2.05) is 24.3 Å². The van der Waals surface area contributed by atoms with Crippen LogP contribution in [0.4, 0.5) is 0 Å². The molecule has 1 aromatic rings. The Bertz CT molecular complexity index is 391. The molecule has 0 amide bonds. The predicted octanol–water partition coefficient (Wildman–Crippen LogP) is 3.98. The highest BCUT2D eigenvalue weighted by Gasteiger charge is 2.10. The van der Waals surface area contributed by atoms with Gasteiger partial charge in [-0.05, 0) is 24.0 Å². The molecule has 0 aliphatic rings. The van der Waals surface area contributed by atoms with E-state index in [0.717, 1.165) is 11.8 Å². The van der Waals surface area contributed by atoms with Crippen molar-refractivity contribution in [3.63, 3.8) is 0 Å². The SMILES string of the molecule is CC(C=O)=C(Cl)c1ccccc1C(C)C. The van der Waals surface area contributed by atoms with E-state index in [0.29, 0.717) is 16.5 Å². The predicted molar refractivity (Wildman–Crippen MR) is 65.0 cm³/mol. The molecule has 0 saturated carbocycles. The minimum absolute atomic E-state index is 0.398. The Labute approximate surface area is 95.8 Å². The van der Waals surface area contributed by atoms with E-state index < -0.39 is 0 Å². The Hall–Kier alpha value is -1.08. The van der Waals surface area contributed by atoms with Gasteiger partial charge in [0.15, 0.2) is 0 Å². The van der Waals surface area contributed by atoms with Gasteiger partial charge in [0.2, 0.25) is 0 Å². The van der Waals surface area contributed by atoms with Gasteiger partial charge in [0.1, 0.15) is 6.29 Å². The number of allylic oxidation sites excluding steroid dienone is 1. The van der Waals surface area contributed by atoms with Crippen LogP contribution in [0.2, 0.25) is 0 Å². The Kier molecular flexibility index (Phi) is 4.10. The molecule has 1 aromatic carbocycles. The van der Waals surface area contributed by atoms with Crippen molar-refractivity contribution in [3.05, 3.63) is 41.0 Å². The zero-order chi connectivity index (χ0) is 11.4. The van der Waals surface area contributed by atoms with Crippen molar-refractivity contribution >= 4 is 22.9 Å². The van der Waals surface area contributed by atoms with Crippen LogP contribution in [0.5, 0.6) is 0 Å². The van der Waals surface area contributed by atoms with Crippen LogP contribution in [0.1, 0.15) is 37.8 Å². The van der Waals surface area contributed by atoms with E-state index in [2.05, 4.69) is 13.8 Å². The summed E-state index contributed by atoms with van der Waals surface area (Å²) in [5.74, 6) is 0.398.